The van der Waals surface area contributed by atoms with E-state index in [0.717, 1.165) is 0 Å². The first-order valence-corrected chi connectivity index (χ1v) is 9.52. The Kier molecular flexibility index (Phi) is 12.5. The van der Waals surface area contributed by atoms with Gasteiger partial charge in [0.25, 0.3) is 0 Å². The lowest BCUT2D eigenvalue weighted by molar-refractivity contribution is -0.145. The molecule has 0 heterocycles. The van der Waals surface area contributed by atoms with E-state index < -0.39 is 13.3 Å². The van der Waals surface area contributed by atoms with Gasteiger partial charge >= 0.3 is 11.9 Å². The highest BCUT2D eigenvalue weighted by molar-refractivity contribution is 7.60. The van der Waals surface area contributed by atoms with Crippen LogP contribution in [0.4, 0.5) is 0 Å². The van der Waals surface area contributed by atoms with E-state index in [2.05, 4.69) is 10.4 Å². The third-order valence-electron chi connectivity index (χ3n) is 2.22. The molecular formula is C13H29N2O5P. The topological polar surface area (TPSA) is 93.7 Å². The molecule has 0 spiro atoms. The van der Waals surface area contributed by atoms with Crippen molar-refractivity contribution in [2.24, 2.45) is 0 Å². The summed E-state index contributed by atoms with van der Waals surface area (Å²) in [6.07, 6.45) is 0. The monoisotopic (exact) mass is 324 g/mol. The van der Waals surface area contributed by atoms with Crippen molar-refractivity contribution in [1.82, 2.24) is 10.4 Å². The van der Waals surface area contributed by atoms with Crippen LogP contribution < -0.4 is 10.4 Å². The summed E-state index contributed by atoms with van der Waals surface area (Å²) in [5, 5.41) is 5.46. The highest BCUT2D eigenvalue weighted by atomic mass is 31.2. The molecule has 0 radical (unpaired) electrons. The molecule has 2 N–H and O–H groups in total. The predicted octanol–water partition coefficient (Wildman–Crippen LogP) is 1.22. The van der Waals surface area contributed by atoms with Gasteiger partial charge in [-0.3, -0.25) is 14.7 Å². The molecule has 0 amide bonds. The maximum Gasteiger partial charge on any atom is 0.323 e. The molecule has 7 nitrogen and oxygen atoms in total. The largest absolute Gasteiger partial charge is 0.465 e. The molecule has 2 atom stereocenters. The fraction of sp³-hybridized carbons (Fsp3) is 0.846. The molecule has 2 unspecified atom stereocenters. The number of carbonyl (C=O) groups excluding carboxylic acids is 2. The van der Waals surface area contributed by atoms with Gasteiger partial charge in [0.05, 0.1) is 13.2 Å². The van der Waals surface area contributed by atoms with Crippen molar-refractivity contribution in [3.8, 4) is 0 Å². The lowest BCUT2D eigenvalue weighted by Crippen LogP contribution is -2.32. The van der Waals surface area contributed by atoms with E-state index >= 15 is 0 Å². The number of likely N-dealkylation sites (N-methyl/N-ethyl adjacent to an activating group) is 1. The summed E-state index contributed by atoms with van der Waals surface area (Å²) in [6.45, 7) is 10.9. The predicted molar refractivity (Wildman–Crippen MR) is 83.8 cm³/mol. The summed E-state index contributed by atoms with van der Waals surface area (Å²) in [4.78, 5) is 21.7. The Hall–Kier alpha value is -0.910. The lowest BCUT2D eigenvalue weighted by atomic mass is 10.3. The minimum atomic E-state index is -2.35. The Morgan fingerprint density at radius 2 is 1.38 bits per heavy atom. The van der Waals surface area contributed by atoms with Crippen LogP contribution in [-0.2, 0) is 23.6 Å². The maximum absolute atomic E-state index is 11.2. The molecule has 0 bridgehead atoms. The molecule has 0 aliphatic rings. The molecular weight excluding hydrogens is 295 g/mol. The number of rotatable bonds is 7. The van der Waals surface area contributed by atoms with Gasteiger partial charge in [-0.25, -0.2) is 0 Å². The second-order valence-electron chi connectivity index (χ2n) is 4.72. The van der Waals surface area contributed by atoms with Crippen LogP contribution in [0.2, 0.25) is 0 Å². The zero-order valence-corrected chi connectivity index (χ0v) is 15.0. The van der Waals surface area contributed by atoms with E-state index in [9.17, 15) is 14.2 Å². The number of carbonyl (C=O) groups is 2. The Labute approximate surface area is 127 Å². The molecule has 21 heavy (non-hydrogen) atoms. The van der Waals surface area contributed by atoms with E-state index in [0.29, 0.717) is 13.2 Å². The first-order valence-electron chi connectivity index (χ1n) is 6.92. The fourth-order valence-corrected chi connectivity index (χ4v) is 2.21. The third-order valence-corrected chi connectivity index (χ3v) is 3.23. The van der Waals surface area contributed by atoms with Gasteiger partial charge in [-0.1, -0.05) is 0 Å². The highest BCUT2D eigenvalue weighted by Gasteiger charge is 2.18. The van der Waals surface area contributed by atoms with Crippen molar-refractivity contribution in [1.29, 1.82) is 0 Å². The van der Waals surface area contributed by atoms with Crippen LogP contribution in [0.15, 0.2) is 0 Å². The summed E-state index contributed by atoms with van der Waals surface area (Å²) in [5.74, 6) is -0.554. The summed E-state index contributed by atoms with van der Waals surface area (Å²) in [7, 11) is -0.626. The second-order valence-corrected chi connectivity index (χ2v) is 7.68. The van der Waals surface area contributed by atoms with Crippen molar-refractivity contribution < 1.29 is 23.6 Å². The van der Waals surface area contributed by atoms with Gasteiger partial charge in [-0.05, 0) is 34.7 Å². The van der Waals surface area contributed by atoms with Gasteiger partial charge in [-0.15, -0.1) is 0 Å². The smallest absolute Gasteiger partial charge is 0.323 e. The van der Waals surface area contributed by atoms with E-state index in [1.165, 1.54) is 0 Å². The quantitative estimate of drug-likeness (QED) is 0.537. The minimum absolute atomic E-state index is 0.190. The Bertz CT molecular complexity index is 356. The fourth-order valence-electron chi connectivity index (χ4n) is 1.17. The van der Waals surface area contributed by atoms with Gasteiger partial charge in [0.15, 0.2) is 0 Å². The van der Waals surface area contributed by atoms with Crippen LogP contribution >= 0.6 is 7.29 Å². The molecule has 0 aliphatic carbocycles. The van der Waals surface area contributed by atoms with Gasteiger partial charge in [0, 0.05) is 13.3 Å². The van der Waals surface area contributed by atoms with Crippen molar-refractivity contribution >= 4 is 19.2 Å². The lowest BCUT2D eigenvalue weighted by Gasteiger charge is -2.15. The zero-order chi connectivity index (χ0) is 17.1. The van der Waals surface area contributed by atoms with Crippen LogP contribution in [0.1, 0.15) is 27.7 Å². The molecule has 0 saturated heterocycles. The first kappa shape index (κ1) is 22.4. The van der Waals surface area contributed by atoms with Crippen LogP contribution in [0.3, 0.4) is 0 Å². The van der Waals surface area contributed by atoms with E-state index in [1.54, 1.807) is 48.1 Å². The molecule has 0 aliphatic heterocycles. The summed E-state index contributed by atoms with van der Waals surface area (Å²) in [6, 6.07) is -0.685. The Balaban J connectivity index is 0. The van der Waals surface area contributed by atoms with Crippen LogP contribution in [0.25, 0.3) is 0 Å². The molecule has 0 aromatic rings. The average molecular weight is 324 g/mol. The zero-order valence-electron chi connectivity index (χ0n) is 14.1. The maximum atomic E-state index is 11.2. The summed E-state index contributed by atoms with van der Waals surface area (Å²) in [5.41, 5.74) is 0. The van der Waals surface area contributed by atoms with E-state index in [1.807, 2.05) is 0 Å². The van der Waals surface area contributed by atoms with Crippen molar-refractivity contribution in [3.05, 3.63) is 0 Å². The average Bonchev–Trinajstić information content (AvgIpc) is 2.37. The molecule has 8 heteroatoms. The van der Waals surface area contributed by atoms with Gasteiger partial charge in [0.2, 0.25) is 0 Å². The number of esters is 2. The molecule has 126 valence electrons. The first-order chi connectivity index (χ1) is 9.58. The second kappa shape index (κ2) is 11.7. The van der Waals surface area contributed by atoms with Crippen molar-refractivity contribution in [3.63, 3.8) is 0 Å². The number of ether oxygens (including phenoxy) is 2. The van der Waals surface area contributed by atoms with Crippen molar-refractivity contribution in [2.75, 3.05) is 33.6 Å². The highest BCUT2D eigenvalue weighted by Crippen LogP contribution is 2.30. The Morgan fingerprint density at radius 3 is 1.67 bits per heavy atom. The molecule has 0 saturated carbocycles. The van der Waals surface area contributed by atoms with Crippen molar-refractivity contribution in [2.45, 2.75) is 39.8 Å². The van der Waals surface area contributed by atoms with Crippen LogP contribution in [0.5, 0.6) is 0 Å². The van der Waals surface area contributed by atoms with Gasteiger partial charge in [-0.2, -0.15) is 0 Å². The SMILES string of the molecule is CCOC(=O)C(C)NC.CCOC(=O)C(C)NP(C)(C)=O. The molecule has 0 aromatic heterocycles. The summed E-state index contributed by atoms with van der Waals surface area (Å²) >= 11 is 0. The minimum Gasteiger partial charge on any atom is -0.465 e. The third kappa shape index (κ3) is 13.8. The summed E-state index contributed by atoms with van der Waals surface area (Å²) < 4.78 is 20.6. The number of hydrogen-bond donors (Lipinski definition) is 2. The van der Waals surface area contributed by atoms with Gasteiger partial charge in [0.1, 0.15) is 19.4 Å². The molecule has 0 aromatic carbocycles. The molecule has 0 rings (SSSR count). The van der Waals surface area contributed by atoms with Crippen LogP contribution in [0, 0.1) is 0 Å². The van der Waals surface area contributed by atoms with Crippen LogP contribution in [-0.4, -0.2) is 57.6 Å². The number of hydrogen-bond acceptors (Lipinski definition) is 6. The normalized spacial score (nSPS) is 13.5. The molecule has 0 fully saturated rings. The standard InChI is InChI=1S/C7H16NO3P.C6H13NO2/c1-5-11-7(9)6(2)8-12(3,4)10;1-4-9-6(8)5(2)7-3/h6H,5H2,1-4H3,(H,8,10);5,7H,4H2,1-3H3. The Morgan fingerprint density at radius 1 is 1.00 bits per heavy atom. The van der Waals surface area contributed by atoms with Gasteiger partial charge < -0.3 is 19.4 Å². The van der Waals surface area contributed by atoms with E-state index in [4.69, 9.17) is 9.47 Å². The number of nitrogens with one attached hydrogen (secondary N) is 2. The van der Waals surface area contributed by atoms with E-state index in [-0.39, 0.29) is 18.0 Å².